The largest absolute Gasteiger partial charge is 0.586 e. The van der Waals surface area contributed by atoms with Crippen LogP contribution in [-0.4, -0.2) is 74.4 Å². The summed E-state index contributed by atoms with van der Waals surface area (Å²) in [5.41, 5.74) is 1.55. The Morgan fingerprint density at radius 3 is 2.33 bits per heavy atom. The first-order chi connectivity index (χ1) is 19.7. The standard InChI is InChI=1S/C25H29F2N3O5.C2HF3O2/c1-30-11-10-24(15-4-6-18(32-2)20(12-15)33-3)9-8-17(14-22(24)30)29-23(31)28-16-5-7-19-21(13-16)35-25(26,27)34-19;3-2(4,5)1(6)7/h4-7,12-13,17,22H,8-11,14H2,1-3H3,(H2,28,29,31);(H,6,7). The molecule has 2 aliphatic heterocycles. The third kappa shape index (κ3) is 6.55. The lowest BCUT2D eigenvalue weighted by atomic mass is 9.65. The van der Waals surface area contributed by atoms with Crippen LogP contribution >= 0.6 is 0 Å². The number of methoxy groups -OCH3 is 2. The zero-order valence-electron chi connectivity index (χ0n) is 22.9. The molecule has 1 aliphatic carbocycles. The molecular formula is C27H30F5N3O7. The van der Waals surface area contributed by atoms with Crippen molar-refractivity contribution in [1.29, 1.82) is 0 Å². The van der Waals surface area contributed by atoms with Crippen molar-refractivity contribution in [2.24, 2.45) is 0 Å². The SMILES string of the molecule is COc1ccc(C23CCC(NC(=O)Nc4ccc5c(c4)OC(F)(F)O5)CC2N(C)CC3)cc1OC.O=C(O)C(F)(F)F. The van der Waals surface area contributed by atoms with Crippen LogP contribution in [0.1, 0.15) is 31.2 Å². The second-order valence-corrected chi connectivity index (χ2v) is 10.2. The average molecular weight is 604 g/mol. The number of carboxylic acid groups (broad SMARTS) is 1. The molecule has 2 aromatic rings. The number of nitrogens with zero attached hydrogens (tertiary/aromatic N) is 1. The van der Waals surface area contributed by atoms with E-state index >= 15 is 0 Å². The summed E-state index contributed by atoms with van der Waals surface area (Å²) in [6.07, 6.45) is -5.21. The molecule has 2 fully saturated rings. The number of urea groups is 1. The van der Waals surface area contributed by atoms with E-state index in [0.29, 0.717) is 17.2 Å². The number of hydrogen-bond donors (Lipinski definition) is 3. The first-order valence-corrected chi connectivity index (χ1v) is 12.9. The van der Waals surface area contributed by atoms with E-state index < -0.39 is 18.4 Å². The van der Waals surface area contributed by atoms with Crippen molar-refractivity contribution in [1.82, 2.24) is 10.2 Å². The minimum Gasteiger partial charge on any atom is -0.493 e. The molecule has 2 aromatic carbocycles. The van der Waals surface area contributed by atoms with Gasteiger partial charge < -0.3 is 39.6 Å². The van der Waals surface area contributed by atoms with Crippen molar-refractivity contribution in [2.75, 3.05) is 33.1 Å². The molecule has 0 radical (unpaired) electrons. The van der Waals surface area contributed by atoms with Gasteiger partial charge in [-0.1, -0.05) is 6.07 Å². The fraction of sp³-hybridized carbons (Fsp3) is 0.481. The van der Waals surface area contributed by atoms with Gasteiger partial charge in [-0.2, -0.15) is 13.2 Å². The van der Waals surface area contributed by atoms with Gasteiger partial charge >= 0.3 is 24.5 Å². The molecule has 1 saturated heterocycles. The molecule has 0 spiro atoms. The number of benzene rings is 2. The van der Waals surface area contributed by atoms with Crippen LogP contribution in [0, 0.1) is 0 Å². The van der Waals surface area contributed by atoms with Crippen molar-refractivity contribution in [2.45, 2.75) is 55.7 Å². The van der Waals surface area contributed by atoms with Crippen LogP contribution in [0.5, 0.6) is 23.0 Å². The van der Waals surface area contributed by atoms with Gasteiger partial charge in [0.15, 0.2) is 23.0 Å². The fourth-order valence-corrected chi connectivity index (χ4v) is 5.77. The first kappa shape index (κ1) is 30.9. The highest BCUT2D eigenvalue weighted by atomic mass is 19.4. The van der Waals surface area contributed by atoms with Gasteiger partial charge in [0.25, 0.3) is 0 Å². The Balaban J connectivity index is 0.000000517. The lowest BCUT2D eigenvalue weighted by Gasteiger charge is -2.45. The van der Waals surface area contributed by atoms with E-state index in [-0.39, 0.29) is 35.0 Å². The molecular weight excluding hydrogens is 573 g/mol. The Hall–Kier alpha value is -4.01. The van der Waals surface area contributed by atoms with Gasteiger partial charge in [0, 0.05) is 29.3 Å². The second kappa shape index (κ2) is 11.7. The minimum absolute atomic E-state index is 0.0211. The Morgan fingerprint density at radius 1 is 1.02 bits per heavy atom. The molecule has 1 saturated carbocycles. The summed E-state index contributed by atoms with van der Waals surface area (Å²) in [7, 11) is 5.39. The summed E-state index contributed by atoms with van der Waals surface area (Å²) in [5.74, 6) is -1.52. The number of aliphatic carboxylic acids is 1. The van der Waals surface area contributed by atoms with Gasteiger partial charge in [-0.3, -0.25) is 0 Å². The maximum absolute atomic E-state index is 13.3. The number of halogens is 5. The molecule has 5 rings (SSSR count). The Morgan fingerprint density at radius 2 is 1.69 bits per heavy atom. The number of ether oxygens (including phenoxy) is 4. The molecule has 0 aromatic heterocycles. The number of carboxylic acids is 1. The van der Waals surface area contributed by atoms with Crippen LogP contribution in [-0.2, 0) is 10.2 Å². The van der Waals surface area contributed by atoms with Gasteiger partial charge in [-0.05, 0) is 69.1 Å². The predicted octanol–water partition coefficient (Wildman–Crippen LogP) is 4.97. The smallest absolute Gasteiger partial charge is 0.493 e. The van der Waals surface area contributed by atoms with Crippen molar-refractivity contribution in [3.8, 4) is 23.0 Å². The summed E-state index contributed by atoms with van der Waals surface area (Å²) in [6.45, 7) is 0.972. The van der Waals surface area contributed by atoms with Crippen LogP contribution in [0.15, 0.2) is 36.4 Å². The molecule has 42 heavy (non-hydrogen) atoms. The first-order valence-electron chi connectivity index (χ1n) is 12.9. The Kier molecular flexibility index (Phi) is 8.62. The van der Waals surface area contributed by atoms with Crippen molar-refractivity contribution < 1.29 is 55.6 Å². The molecule has 2 heterocycles. The topological polar surface area (TPSA) is 119 Å². The number of nitrogens with one attached hydrogen (secondary N) is 2. The quantitative estimate of drug-likeness (QED) is 0.410. The van der Waals surface area contributed by atoms with Crippen LogP contribution in [0.2, 0.25) is 0 Å². The molecule has 2 amide bonds. The highest BCUT2D eigenvalue weighted by Gasteiger charge is 2.51. The number of rotatable bonds is 5. The number of carbonyl (C=O) groups is 2. The van der Waals surface area contributed by atoms with E-state index in [1.165, 1.54) is 23.8 Å². The molecule has 0 bridgehead atoms. The van der Waals surface area contributed by atoms with Gasteiger partial charge in [0.2, 0.25) is 0 Å². The summed E-state index contributed by atoms with van der Waals surface area (Å²) in [5, 5.41) is 12.9. The number of likely N-dealkylation sites (N-methyl/N-ethyl adjacent to an activating group) is 1. The van der Waals surface area contributed by atoms with Crippen LogP contribution < -0.4 is 29.6 Å². The molecule has 15 heteroatoms. The van der Waals surface area contributed by atoms with Crippen LogP contribution in [0.3, 0.4) is 0 Å². The Bertz CT molecular complexity index is 1330. The lowest BCUT2D eigenvalue weighted by molar-refractivity contribution is -0.286. The Labute approximate surface area is 237 Å². The number of anilines is 1. The van der Waals surface area contributed by atoms with E-state index in [2.05, 4.69) is 44.2 Å². The third-order valence-electron chi connectivity index (χ3n) is 7.72. The molecule has 3 aliphatic rings. The zero-order valence-corrected chi connectivity index (χ0v) is 22.9. The minimum atomic E-state index is -5.08. The van der Waals surface area contributed by atoms with Crippen molar-refractivity contribution in [3.05, 3.63) is 42.0 Å². The maximum atomic E-state index is 13.3. The number of likely N-dealkylation sites (tertiary alicyclic amines) is 1. The average Bonchev–Trinajstić information content (AvgIpc) is 3.42. The highest BCUT2D eigenvalue weighted by Crippen LogP contribution is 2.50. The van der Waals surface area contributed by atoms with E-state index in [1.54, 1.807) is 14.2 Å². The number of fused-ring (bicyclic) bond motifs is 2. The van der Waals surface area contributed by atoms with Crippen molar-refractivity contribution in [3.63, 3.8) is 0 Å². The molecule has 3 unspecified atom stereocenters. The summed E-state index contributed by atoms with van der Waals surface area (Å²) >= 11 is 0. The summed E-state index contributed by atoms with van der Waals surface area (Å²) in [6, 6.07) is 10.2. The van der Waals surface area contributed by atoms with E-state index in [1.807, 2.05) is 6.07 Å². The number of alkyl halides is 5. The van der Waals surface area contributed by atoms with Gasteiger partial charge in [0.1, 0.15) is 0 Å². The van der Waals surface area contributed by atoms with E-state index in [4.69, 9.17) is 19.4 Å². The molecule has 10 nitrogen and oxygen atoms in total. The number of hydrogen-bond acceptors (Lipinski definition) is 7. The van der Waals surface area contributed by atoms with Gasteiger partial charge in [-0.15, -0.1) is 8.78 Å². The molecule has 3 atom stereocenters. The molecule has 230 valence electrons. The number of amides is 2. The van der Waals surface area contributed by atoms with Gasteiger partial charge in [-0.25, -0.2) is 9.59 Å². The fourth-order valence-electron chi connectivity index (χ4n) is 5.77. The lowest BCUT2D eigenvalue weighted by Crippen LogP contribution is -2.52. The highest BCUT2D eigenvalue weighted by molar-refractivity contribution is 5.90. The number of carbonyl (C=O) groups excluding carboxylic acids is 1. The maximum Gasteiger partial charge on any atom is 0.586 e. The summed E-state index contributed by atoms with van der Waals surface area (Å²) < 4.78 is 78.1. The third-order valence-corrected chi connectivity index (χ3v) is 7.72. The van der Waals surface area contributed by atoms with Crippen LogP contribution in [0.25, 0.3) is 0 Å². The predicted molar refractivity (Wildman–Crippen MR) is 138 cm³/mol. The van der Waals surface area contributed by atoms with Crippen molar-refractivity contribution >= 4 is 17.7 Å². The summed E-state index contributed by atoms with van der Waals surface area (Å²) in [4.78, 5) is 24.0. The zero-order chi connectivity index (χ0) is 30.9. The molecule has 3 N–H and O–H groups in total. The van der Waals surface area contributed by atoms with E-state index in [0.717, 1.165) is 32.2 Å². The monoisotopic (exact) mass is 603 g/mol. The normalized spacial score (nSPS) is 24.1. The van der Waals surface area contributed by atoms with Crippen LogP contribution in [0.4, 0.5) is 32.4 Å². The second-order valence-electron chi connectivity index (χ2n) is 10.2. The van der Waals surface area contributed by atoms with E-state index in [9.17, 15) is 26.7 Å². The van der Waals surface area contributed by atoms with Gasteiger partial charge in [0.05, 0.1) is 14.2 Å².